The van der Waals surface area contributed by atoms with E-state index in [0.717, 1.165) is 0 Å². The van der Waals surface area contributed by atoms with Gasteiger partial charge in [0, 0.05) is 26.3 Å². The zero-order valence-corrected chi connectivity index (χ0v) is 11.8. The first-order valence-corrected chi connectivity index (χ1v) is 7.07. The van der Waals surface area contributed by atoms with Crippen molar-refractivity contribution < 1.29 is 19.0 Å². The lowest BCUT2D eigenvalue weighted by molar-refractivity contribution is -0.136. The molecule has 0 spiro atoms. The highest BCUT2D eigenvalue weighted by atomic mass is 19.1. The maximum Gasteiger partial charge on any atom is 0.227 e. The Bertz CT molecular complexity index is 490. The SMILES string of the molecule is NCC1(C(=O)NCC(O)c2cccc(F)c2)CCOCC1. The van der Waals surface area contributed by atoms with E-state index in [0.29, 0.717) is 31.6 Å². The molecule has 2 rings (SSSR count). The van der Waals surface area contributed by atoms with Gasteiger partial charge in [0.05, 0.1) is 11.5 Å². The van der Waals surface area contributed by atoms with Crippen LogP contribution in [-0.2, 0) is 9.53 Å². The number of carbonyl (C=O) groups excluding carboxylic acids is 1. The van der Waals surface area contributed by atoms with Gasteiger partial charge >= 0.3 is 0 Å². The average molecular weight is 296 g/mol. The molecule has 6 heteroatoms. The van der Waals surface area contributed by atoms with Crippen LogP contribution in [0.2, 0.25) is 0 Å². The van der Waals surface area contributed by atoms with Gasteiger partial charge in [-0.2, -0.15) is 0 Å². The number of amides is 1. The third-order valence-corrected chi connectivity index (χ3v) is 4.01. The van der Waals surface area contributed by atoms with Crippen molar-refractivity contribution >= 4 is 5.91 Å². The molecule has 1 aliphatic heterocycles. The Hall–Kier alpha value is -1.50. The third-order valence-electron chi connectivity index (χ3n) is 4.01. The van der Waals surface area contributed by atoms with Crippen LogP contribution in [0.3, 0.4) is 0 Å². The Labute approximate surface area is 123 Å². The molecular weight excluding hydrogens is 275 g/mol. The summed E-state index contributed by atoms with van der Waals surface area (Å²) in [6, 6.07) is 5.70. The Morgan fingerprint density at radius 1 is 1.48 bits per heavy atom. The number of ether oxygens (including phenoxy) is 1. The smallest absolute Gasteiger partial charge is 0.227 e. The van der Waals surface area contributed by atoms with E-state index in [1.807, 2.05) is 0 Å². The highest BCUT2D eigenvalue weighted by Crippen LogP contribution is 2.29. The normalized spacial score (nSPS) is 19.0. The number of nitrogens with one attached hydrogen (secondary N) is 1. The lowest BCUT2D eigenvalue weighted by Crippen LogP contribution is -2.49. The maximum absolute atomic E-state index is 13.1. The summed E-state index contributed by atoms with van der Waals surface area (Å²) in [5, 5.41) is 12.7. The summed E-state index contributed by atoms with van der Waals surface area (Å²) >= 11 is 0. The fourth-order valence-corrected chi connectivity index (χ4v) is 2.49. The highest BCUT2D eigenvalue weighted by Gasteiger charge is 2.38. The number of halogens is 1. The van der Waals surface area contributed by atoms with E-state index >= 15 is 0 Å². The summed E-state index contributed by atoms with van der Waals surface area (Å²) in [7, 11) is 0. The number of hydrogen-bond acceptors (Lipinski definition) is 4. The van der Waals surface area contributed by atoms with Crippen LogP contribution in [0.1, 0.15) is 24.5 Å². The fourth-order valence-electron chi connectivity index (χ4n) is 2.49. The van der Waals surface area contributed by atoms with Gasteiger partial charge in [-0.15, -0.1) is 0 Å². The van der Waals surface area contributed by atoms with Crippen LogP contribution in [0.4, 0.5) is 4.39 Å². The number of hydrogen-bond donors (Lipinski definition) is 3. The molecular formula is C15H21FN2O3. The molecule has 1 fully saturated rings. The molecule has 116 valence electrons. The largest absolute Gasteiger partial charge is 0.387 e. The molecule has 0 bridgehead atoms. The molecule has 21 heavy (non-hydrogen) atoms. The number of nitrogens with two attached hydrogens (primary N) is 1. The number of aliphatic hydroxyl groups is 1. The molecule has 5 nitrogen and oxygen atoms in total. The number of aliphatic hydroxyl groups excluding tert-OH is 1. The predicted octanol–water partition coefficient (Wildman–Crippen LogP) is 0.731. The fraction of sp³-hybridized carbons (Fsp3) is 0.533. The van der Waals surface area contributed by atoms with Crippen molar-refractivity contribution in [2.45, 2.75) is 18.9 Å². The first-order valence-electron chi connectivity index (χ1n) is 7.07. The Morgan fingerprint density at radius 3 is 2.81 bits per heavy atom. The van der Waals surface area contributed by atoms with Crippen LogP contribution in [-0.4, -0.2) is 37.3 Å². The van der Waals surface area contributed by atoms with E-state index in [-0.39, 0.29) is 19.0 Å². The summed E-state index contributed by atoms with van der Waals surface area (Å²) in [6.07, 6.45) is 0.205. The first kappa shape index (κ1) is 15.9. The molecule has 0 saturated carbocycles. The van der Waals surface area contributed by atoms with Gasteiger partial charge in [-0.25, -0.2) is 4.39 Å². The van der Waals surface area contributed by atoms with E-state index in [1.165, 1.54) is 18.2 Å². The van der Waals surface area contributed by atoms with Crippen LogP contribution in [0.25, 0.3) is 0 Å². The molecule has 1 aliphatic rings. The van der Waals surface area contributed by atoms with Gasteiger partial charge in [-0.3, -0.25) is 4.79 Å². The number of carbonyl (C=O) groups is 1. The summed E-state index contributed by atoms with van der Waals surface area (Å²) < 4.78 is 18.4. The van der Waals surface area contributed by atoms with Gasteiger partial charge in [-0.05, 0) is 30.5 Å². The third kappa shape index (κ3) is 3.78. The molecule has 1 aromatic carbocycles. The molecule has 0 aromatic heterocycles. The summed E-state index contributed by atoms with van der Waals surface area (Å²) in [5.74, 6) is -0.593. The minimum atomic E-state index is -0.945. The van der Waals surface area contributed by atoms with Crippen LogP contribution >= 0.6 is 0 Å². The summed E-state index contributed by atoms with van der Waals surface area (Å²) in [6.45, 7) is 1.30. The minimum absolute atomic E-state index is 0.0326. The van der Waals surface area contributed by atoms with E-state index in [4.69, 9.17) is 10.5 Å². The zero-order valence-electron chi connectivity index (χ0n) is 11.8. The molecule has 1 saturated heterocycles. The zero-order chi connectivity index (χ0) is 15.3. The van der Waals surface area contributed by atoms with E-state index in [9.17, 15) is 14.3 Å². The minimum Gasteiger partial charge on any atom is -0.387 e. The van der Waals surface area contributed by atoms with Crippen molar-refractivity contribution in [2.24, 2.45) is 11.1 Å². The lowest BCUT2D eigenvalue weighted by Gasteiger charge is -2.34. The van der Waals surface area contributed by atoms with E-state index in [2.05, 4.69) is 5.32 Å². The lowest BCUT2D eigenvalue weighted by atomic mass is 9.79. The first-order chi connectivity index (χ1) is 10.1. The molecule has 1 unspecified atom stereocenters. The molecule has 0 radical (unpaired) electrons. The predicted molar refractivity (Wildman–Crippen MR) is 75.9 cm³/mol. The van der Waals surface area contributed by atoms with Crippen LogP contribution in [0.5, 0.6) is 0 Å². The van der Waals surface area contributed by atoms with Crippen molar-refractivity contribution in [1.82, 2.24) is 5.32 Å². The van der Waals surface area contributed by atoms with E-state index in [1.54, 1.807) is 6.07 Å². The van der Waals surface area contributed by atoms with Gasteiger partial charge < -0.3 is 20.9 Å². The van der Waals surface area contributed by atoms with Gasteiger partial charge in [0.1, 0.15) is 5.82 Å². The molecule has 1 heterocycles. The second kappa shape index (κ2) is 6.98. The quantitative estimate of drug-likeness (QED) is 0.748. The van der Waals surface area contributed by atoms with Gasteiger partial charge in [0.15, 0.2) is 0 Å². The van der Waals surface area contributed by atoms with E-state index < -0.39 is 17.3 Å². The van der Waals surface area contributed by atoms with Gasteiger partial charge in [0.25, 0.3) is 0 Å². The van der Waals surface area contributed by atoms with Crippen molar-refractivity contribution in [2.75, 3.05) is 26.3 Å². The van der Waals surface area contributed by atoms with Crippen molar-refractivity contribution in [3.05, 3.63) is 35.6 Å². The van der Waals surface area contributed by atoms with Crippen molar-refractivity contribution in [3.63, 3.8) is 0 Å². The molecule has 0 aliphatic carbocycles. The van der Waals surface area contributed by atoms with Crippen LogP contribution in [0.15, 0.2) is 24.3 Å². The average Bonchev–Trinajstić information content (AvgIpc) is 2.52. The maximum atomic E-state index is 13.1. The number of rotatable bonds is 5. The Kier molecular flexibility index (Phi) is 5.27. The van der Waals surface area contributed by atoms with Gasteiger partial charge in [-0.1, -0.05) is 12.1 Å². The standard InChI is InChI=1S/C15H21FN2O3/c16-12-3-1-2-11(8-12)13(19)9-18-14(20)15(10-17)4-6-21-7-5-15/h1-3,8,13,19H,4-7,9-10,17H2,(H,18,20). The Balaban J connectivity index is 1.93. The van der Waals surface area contributed by atoms with Crippen molar-refractivity contribution in [1.29, 1.82) is 0 Å². The topological polar surface area (TPSA) is 84.6 Å². The monoisotopic (exact) mass is 296 g/mol. The second-order valence-electron chi connectivity index (χ2n) is 5.38. The van der Waals surface area contributed by atoms with Crippen LogP contribution in [0, 0.1) is 11.2 Å². The molecule has 1 atom stereocenters. The molecule has 1 amide bonds. The number of benzene rings is 1. The highest BCUT2D eigenvalue weighted by molar-refractivity contribution is 5.83. The summed E-state index contributed by atoms with van der Waals surface area (Å²) in [5.41, 5.74) is 5.56. The van der Waals surface area contributed by atoms with Gasteiger partial charge in [0.2, 0.25) is 5.91 Å². The van der Waals surface area contributed by atoms with Crippen LogP contribution < -0.4 is 11.1 Å². The summed E-state index contributed by atoms with van der Waals surface area (Å²) in [4.78, 5) is 12.3. The Morgan fingerprint density at radius 2 is 2.19 bits per heavy atom. The van der Waals surface area contributed by atoms with Crippen molar-refractivity contribution in [3.8, 4) is 0 Å². The molecule has 1 aromatic rings. The molecule has 4 N–H and O–H groups in total. The second-order valence-corrected chi connectivity index (χ2v) is 5.38.